The van der Waals surface area contributed by atoms with Crippen LogP contribution >= 0.6 is 0 Å². The topological polar surface area (TPSA) is 77.4 Å². The van der Waals surface area contributed by atoms with Gasteiger partial charge in [-0.15, -0.1) is 0 Å². The summed E-state index contributed by atoms with van der Waals surface area (Å²) < 4.78 is 23.9. The second-order valence-corrected chi connectivity index (χ2v) is 6.44. The molecular formula is C16H22O6. The van der Waals surface area contributed by atoms with E-state index in [0.717, 1.165) is 6.42 Å². The van der Waals surface area contributed by atoms with Crippen LogP contribution in [0.1, 0.15) is 25.7 Å². The van der Waals surface area contributed by atoms with Crippen molar-refractivity contribution in [2.75, 3.05) is 13.2 Å². The van der Waals surface area contributed by atoms with Crippen molar-refractivity contribution in [3.05, 3.63) is 24.3 Å². The molecular weight excluding hydrogens is 288 g/mol. The van der Waals surface area contributed by atoms with Crippen LogP contribution in [-0.2, 0) is 18.9 Å². The maximum atomic E-state index is 9.76. The first-order valence-corrected chi connectivity index (χ1v) is 7.95. The molecule has 4 heterocycles. The van der Waals surface area contributed by atoms with E-state index < -0.39 is 17.7 Å². The molecule has 6 nitrogen and oxygen atoms in total. The molecule has 4 aliphatic heterocycles. The first-order chi connectivity index (χ1) is 10.6. The Balaban J connectivity index is 1.44. The molecule has 0 aromatic heterocycles. The number of ether oxygens (including phenoxy) is 4. The van der Waals surface area contributed by atoms with Crippen molar-refractivity contribution >= 4 is 0 Å². The van der Waals surface area contributed by atoms with E-state index in [1.165, 1.54) is 0 Å². The van der Waals surface area contributed by atoms with Crippen LogP contribution < -0.4 is 0 Å². The van der Waals surface area contributed by atoms with Gasteiger partial charge < -0.3 is 29.2 Å². The molecule has 4 aliphatic rings. The molecule has 0 aliphatic carbocycles. The number of aliphatic hydroxyl groups is 2. The van der Waals surface area contributed by atoms with Crippen LogP contribution in [0.15, 0.2) is 24.3 Å². The Morgan fingerprint density at radius 2 is 2.05 bits per heavy atom. The average Bonchev–Trinajstić information content (AvgIpc) is 3.10. The van der Waals surface area contributed by atoms with Crippen LogP contribution in [-0.4, -0.2) is 59.4 Å². The van der Waals surface area contributed by atoms with E-state index in [4.69, 9.17) is 24.1 Å². The molecule has 0 aromatic carbocycles. The van der Waals surface area contributed by atoms with E-state index in [2.05, 4.69) is 6.08 Å². The lowest BCUT2D eigenvalue weighted by Crippen LogP contribution is -2.48. The monoisotopic (exact) mass is 310 g/mol. The van der Waals surface area contributed by atoms with Crippen molar-refractivity contribution < 1.29 is 29.2 Å². The van der Waals surface area contributed by atoms with E-state index in [1.807, 2.05) is 18.2 Å². The molecule has 6 atom stereocenters. The zero-order chi connectivity index (χ0) is 15.2. The van der Waals surface area contributed by atoms with E-state index in [1.54, 1.807) is 0 Å². The number of hydrogen-bond acceptors (Lipinski definition) is 6. The summed E-state index contributed by atoms with van der Waals surface area (Å²) in [5.41, 5.74) is 0. The van der Waals surface area contributed by atoms with Crippen LogP contribution in [0.3, 0.4) is 0 Å². The summed E-state index contributed by atoms with van der Waals surface area (Å²) in [6, 6.07) is 0. The van der Waals surface area contributed by atoms with Crippen molar-refractivity contribution in [3.63, 3.8) is 0 Å². The van der Waals surface area contributed by atoms with E-state index in [0.29, 0.717) is 25.9 Å². The molecule has 0 bridgehead atoms. The molecule has 2 unspecified atom stereocenters. The Hall–Kier alpha value is -0.760. The Bertz CT molecular complexity index is 491. The molecule has 0 saturated carbocycles. The zero-order valence-corrected chi connectivity index (χ0v) is 12.4. The molecule has 2 fully saturated rings. The van der Waals surface area contributed by atoms with Gasteiger partial charge in [-0.25, -0.2) is 0 Å². The molecule has 2 saturated heterocycles. The van der Waals surface area contributed by atoms with Crippen molar-refractivity contribution in [2.24, 2.45) is 0 Å². The van der Waals surface area contributed by atoms with Gasteiger partial charge in [-0.3, -0.25) is 0 Å². The van der Waals surface area contributed by atoms with Gasteiger partial charge in [0, 0.05) is 19.3 Å². The van der Waals surface area contributed by atoms with E-state index in [-0.39, 0.29) is 24.9 Å². The molecule has 2 spiro atoms. The van der Waals surface area contributed by atoms with Crippen LogP contribution in [0.5, 0.6) is 0 Å². The van der Waals surface area contributed by atoms with Gasteiger partial charge in [-0.2, -0.15) is 0 Å². The van der Waals surface area contributed by atoms with Gasteiger partial charge in [0.1, 0.15) is 6.10 Å². The highest BCUT2D eigenvalue weighted by Crippen LogP contribution is 2.46. The fourth-order valence-corrected chi connectivity index (χ4v) is 3.71. The lowest BCUT2D eigenvalue weighted by atomic mass is 9.97. The van der Waals surface area contributed by atoms with Crippen LogP contribution in [0, 0.1) is 0 Å². The van der Waals surface area contributed by atoms with Crippen molar-refractivity contribution in [2.45, 2.75) is 61.7 Å². The minimum Gasteiger partial charge on any atom is -0.394 e. The average molecular weight is 310 g/mol. The molecule has 2 N–H and O–H groups in total. The highest BCUT2D eigenvalue weighted by Gasteiger charge is 2.53. The second-order valence-electron chi connectivity index (χ2n) is 6.44. The highest BCUT2D eigenvalue weighted by molar-refractivity contribution is 5.17. The quantitative estimate of drug-likeness (QED) is 0.729. The third kappa shape index (κ3) is 2.44. The molecule has 122 valence electrons. The van der Waals surface area contributed by atoms with E-state index >= 15 is 0 Å². The van der Waals surface area contributed by atoms with Gasteiger partial charge in [-0.05, 0) is 18.6 Å². The molecule has 4 rings (SSSR count). The third-order valence-corrected chi connectivity index (χ3v) is 4.90. The summed E-state index contributed by atoms with van der Waals surface area (Å²) in [4.78, 5) is 0. The Kier molecular flexibility index (Phi) is 3.64. The Morgan fingerprint density at radius 3 is 2.82 bits per heavy atom. The van der Waals surface area contributed by atoms with Gasteiger partial charge in [-0.1, -0.05) is 12.2 Å². The number of aliphatic hydroxyl groups excluding tert-OH is 2. The first kappa shape index (κ1) is 14.8. The minimum absolute atomic E-state index is 0.0439. The number of rotatable bonds is 2. The number of fused-ring (bicyclic) bond motifs is 1. The third-order valence-electron chi connectivity index (χ3n) is 4.90. The van der Waals surface area contributed by atoms with Gasteiger partial charge in [0.05, 0.1) is 31.5 Å². The van der Waals surface area contributed by atoms with Crippen molar-refractivity contribution in [3.8, 4) is 0 Å². The van der Waals surface area contributed by atoms with Gasteiger partial charge in [0.2, 0.25) is 0 Å². The smallest absolute Gasteiger partial charge is 0.195 e. The largest absolute Gasteiger partial charge is 0.394 e. The second kappa shape index (κ2) is 5.40. The summed E-state index contributed by atoms with van der Waals surface area (Å²) in [6.07, 6.45) is 9.30. The maximum Gasteiger partial charge on any atom is 0.195 e. The van der Waals surface area contributed by atoms with Gasteiger partial charge in [0.25, 0.3) is 0 Å². The lowest BCUT2D eigenvalue weighted by Gasteiger charge is -2.41. The minimum atomic E-state index is -0.858. The van der Waals surface area contributed by atoms with Crippen LogP contribution in [0.2, 0.25) is 0 Å². The maximum absolute atomic E-state index is 9.76. The fraction of sp³-hybridized carbons (Fsp3) is 0.750. The summed E-state index contributed by atoms with van der Waals surface area (Å²) in [6.45, 7) is 0.245. The molecule has 0 radical (unpaired) electrons. The van der Waals surface area contributed by atoms with Crippen LogP contribution in [0.4, 0.5) is 0 Å². The number of hydrogen-bond donors (Lipinski definition) is 2. The molecule has 0 amide bonds. The predicted octanol–water partition coefficient (Wildman–Crippen LogP) is 0.632. The van der Waals surface area contributed by atoms with Crippen molar-refractivity contribution in [1.29, 1.82) is 0 Å². The normalized spacial score (nSPS) is 48.2. The zero-order valence-electron chi connectivity index (χ0n) is 12.4. The molecule has 0 aromatic rings. The summed E-state index contributed by atoms with van der Waals surface area (Å²) in [5, 5.41) is 18.8. The predicted molar refractivity (Wildman–Crippen MR) is 75.9 cm³/mol. The first-order valence-electron chi connectivity index (χ1n) is 7.95. The van der Waals surface area contributed by atoms with Crippen LogP contribution in [0.25, 0.3) is 0 Å². The fourth-order valence-electron chi connectivity index (χ4n) is 3.71. The summed E-state index contributed by atoms with van der Waals surface area (Å²) in [7, 11) is 0. The lowest BCUT2D eigenvalue weighted by molar-refractivity contribution is -0.333. The standard InChI is InChI=1S/C16H22O6/c17-10-11(18)13-9-14-12(20-13)3-5-16(21-14)7-6-15(22-16)4-1-2-8-19-15/h1-2,6-7,11-14,17-18H,3-5,8-10H2/t11-,12-,13+,14-,15?,16?/m1/s1. The summed E-state index contributed by atoms with van der Waals surface area (Å²) >= 11 is 0. The Labute approximate surface area is 129 Å². The highest BCUT2D eigenvalue weighted by atomic mass is 16.8. The molecule has 22 heavy (non-hydrogen) atoms. The van der Waals surface area contributed by atoms with Gasteiger partial charge in [0.15, 0.2) is 11.6 Å². The van der Waals surface area contributed by atoms with Crippen molar-refractivity contribution in [1.82, 2.24) is 0 Å². The van der Waals surface area contributed by atoms with E-state index in [9.17, 15) is 5.11 Å². The Morgan fingerprint density at radius 1 is 1.18 bits per heavy atom. The van der Waals surface area contributed by atoms with Gasteiger partial charge >= 0.3 is 0 Å². The molecule has 6 heteroatoms. The SMILES string of the molecule is OC[C@@H](O)[C@@H]1C[C@H]2OC3(C=CC4(CC=CCO4)O3)CC[C@H]2O1. The summed E-state index contributed by atoms with van der Waals surface area (Å²) in [5.74, 6) is -1.46.